The van der Waals surface area contributed by atoms with E-state index in [0.29, 0.717) is 24.4 Å². The van der Waals surface area contributed by atoms with E-state index in [0.717, 1.165) is 30.8 Å². The molecule has 2 heterocycles. The van der Waals surface area contributed by atoms with Crippen LogP contribution in [0.1, 0.15) is 46.2 Å². The summed E-state index contributed by atoms with van der Waals surface area (Å²) in [6.07, 6.45) is 2.66. The Kier molecular flexibility index (Phi) is 5.62. The Morgan fingerprint density at radius 3 is 2.82 bits per heavy atom. The highest BCUT2D eigenvalue weighted by atomic mass is 16.5. The van der Waals surface area contributed by atoms with E-state index in [1.165, 1.54) is 0 Å². The number of amides is 1. The normalized spacial score (nSPS) is 21.8. The molecule has 124 valence electrons. The third kappa shape index (κ3) is 4.09. The smallest absolute Gasteiger partial charge is 0.254 e. The molecule has 0 spiro atoms. The second kappa shape index (κ2) is 7.27. The maximum Gasteiger partial charge on any atom is 0.254 e. The highest BCUT2D eigenvalue weighted by Crippen LogP contribution is 2.29. The first-order valence-electron chi connectivity index (χ1n) is 8.34. The van der Waals surface area contributed by atoms with Crippen LogP contribution >= 0.6 is 0 Å². The van der Waals surface area contributed by atoms with Crippen molar-refractivity contribution >= 4 is 11.7 Å². The molecular weight excluding hydrogens is 278 g/mol. The molecule has 22 heavy (non-hydrogen) atoms. The van der Waals surface area contributed by atoms with Gasteiger partial charge >= 0.3 is 0 Å². The van der Waals surface area contributed by atoms with Gasteiger partial charge in [0.05, 0.1) is 5.69 Å². The fourth-order valence-electron chi connectivity index (χ4n) is 2.96. The number of anilines is 1. The SMILES string of the molecule is CC(C)CCc1cc(NC(=O)[C@@H]2OCC[C@@H]2C(C)C)n(C)n1. The van der Waals surface area contributed by atoms with Gasteiger partial charge in [0.1, 0.15) is 11.9 Å². The van der Waals surface area contributed by atoms with E-state index in [9.17, 15) is 4.79 Å². The summed E-state index contributed by atoms with van der Waals surface area (Å²) in [5.74, 6) is 2.11. The van der Waals surface area contributed by atoms with Crippen LogP contribution in [0.15, 0.2) is 6.07 Å². The Labute approximate surface area is 133 Å². The minimum absolute atomic E-state index is 0.0467. The maximum absolute atomic E-state index is 12.5. The molecule has 1 fully saturated rings. The third-order valence-electron chi connectivity index (χ3n) is 4.41. The zero-order chi connectivity index (χ0) is 16.3. The Morgan fingerprint density at radius 1 is 1.45 bits per heavy atom. The molecule has 1 N–H and O–H groups in total. The summed E-state index contributed by atoms with van der Waals surface area (Å²) < 4.78 is 7.39. The van der Waals surface area contributed by atoms with Crippen molar-refractivity contribution in [2.75, 3.05) is 11.9 Å². The summed E-state index contributed by atoms with van der Waals surface area (Å²) in [6.45, 7) is 9.37. The van der Waals surface area contributed by atoms with Gasteiger partial charge in [0.2, 0.25) is 0 Å². The summed E-state index contributed by atoms with van der Waals surface area (Å²) in [5.41, 5.74) is 1.03. The summed E-state index contributed by atoms with van der Waals surface area (Å²) in [4.78, 5) is 12.5. The Bertz CT molecular complexity index is 508. The van der Waals surface area contributed by atoms with Gasteiger partial charge in [-0.2, -0.15) is 5.10 Å². The van der Waals surface area contributed by atoms with Crippen molar-refractivity contribution in [3.05, 3.63) is 11.8 Å². The van der Waals surface area contributed by atoms with E-state index in [1.54, 1.807) is 4.68 Å². The monoisotopic (exact) mass is 307 g/mol. The van der Waals surface area contributed by atoms with Gasteiger partial charge < -0.3 is 10.1 Å². The molecule has 0 radical (unpaired) electrons. The molecular formula is C17H29N3O2. The quantitative estimate of drug-likeness (QED) is 0.879. The predicted molar refractivity (Wildman–Crippen MR) is 87.7 cm³/mol. The lowest BCUT2D eigenvalue weighted by Crippen LogP contribution is -2.35. The average molecular weight is 307 g/mol. The van der Waals surface area contributed by atoms with Crippen LogP contribution in [0.2, 0.25) is 0 Å². The molecule has 1 aromatic rings. The van der Waals surface area contributed by atoms with Crippen LogP contribution in [-0.4, -0.2) is 28.4 Å². The number of nitrogens with one attached hydrogen (secondary N) is 1. The average Bonchev–Trinajstić information content (AvgIpc) is 3.04. The second-order valence-corrected chi connectivity index (χ2v) is 7.05. The molecule has 1 amide bonds. The first-order chi connectivity index (χ1) is 10.4. The van der Waals surface area contributed by atoms with Gasteiger partial charge in [-0.15, -0.1) is 0 Å². The number of carbonyl (C=O) groups is 1. The number of carbonyl (C=O) groups excluding carboxylic acids is 1. The van der Waals surface area contributed by atoms with Crippen LogP contribution in [0.5, 0.6) is 0 Å². The van der Waals surface area contributed by atoms with E-state index < -0.39 is 0 Å². The van der Waals surface area contributed by atoms with Crippen LogP contribution in [0.4, 0.5) is 5.82 Å². The molecule has 0 aliphatic carbocycles. The summed E-state index contributed by atoms with van der Waals surface area (Å²) in [7, 11) is 1.87. The molecule has 2 rings (SSSR count). The summed E-state index contributed by atoms with van der Waals surface area (Å²) >= 11 is 0. The molecule has 1 aromatic heterocycles. The van der Waals surface area contributed by atoms with Crippen LogP contribution < -0.4 is 5.32 Å². The van der Waals surface area contributed by atoms with Crippen molar-refractivity contribution in [2.45, 2.75) is 53.1 Å². The van der Waals surface area contributed by atoms with Gasteiger partial charge in [-0.3, -0.25) is 9.48 Å². The molecule has 0 bridgehead atoms. The molecule has 1 aliphatic heterocycles. The van der Waals surface area contributed by atoms with Crippen molar-refractivity contribution in [2.24, 2.45) is 24.8 Å². The number of hydrogen-bond donors (Lipinski definition) is 1. The Balaban J connectivity index is 1.99. The highest BCUT2D eigenvalue weighted by molar-refractivity contribution is 5.93. The van der Waals surface area contributed by atoms with Crippen molar-refractivity contribution in [3.63, 3.8) is 0 Å². The van der Waals surface area contributed by atoms with E-state index in [4.69, 9.17) is 4.74 Å². The molecule has 5 nitrogen and oxygen atoms in total. The number of rotatable bonds is 6. The van der Waals surface area contributed by atoms with Crippen LogP contribution in [-0.2, 0) is 23.0 Å². The number of nitrogens with zero attached hydrogens (tertiary/aromatic N) is 2. The first-order valence-corrected chi connectivity index (χ1v) is 8.34. The van der Waals surface area contributed by atoms with Gasteiger partial charge in [-0.05, 0) is 37.0 Å². The molecule has 0 unspecified atom stereocenters. The zero-order valence-corrected chi connectivity index (χ0v) is 14.4. The van der Waals surface area contributed by atoms with Crippen molar-refractivity contribution in [3.8, 4) is 0 Å². The van der Waals surface area contributed by atoms with Crippen LogP contribution in [0.3, 0.4) is 0 Å². The van der Waals surface area contributed by atoms with E-state index >= 15 is 0 Å². The predicted octanol–water partition coefficient (Wildman–Crippen LogP) is 3.01. The Hall–Kier alpha value is -1.36. The van der Waals surface area contributed by atoms with Crippen molar-refractivity contribution in [1.29, 1.82) is 0 Å². The summed E-state index contributed by atoms with van der Waals surface area (Å²) in [6, 6.07) is 1.97. The maximum atomic E-state index is 12.5. The van der Waals surface area contributed by atoms with Crippen LogP contribution in [0.25, 0.3) is 0 Å². The van der Waals surface area contributed by atoms with Crippen molar-refractivity contribution in [1.82, 2.24) is 9.78 Å². The first kappa shape index (κ1) is 17.0. The summed E-state index contributed by atoms with van der Waals surface area (Å²) in [5, 5.41) is 7.46. The number of aromatic nitrogens is 2. The number of aryl methyl sites for hydroxylation is 2. The van der Waals surface area contributed by atoms with Gasteiger partial charge in [0.25, 0.3) is 5.91 Å². The van der Waals surface area contributed by atoms with E-state index in [2.05, 4.69) is 38.1 Å². The molecule has 5 heteroatoms. The van der Waals surface area contributed by atoms with Crippen molar-refractivity contribution < 1.29 is 9.53 Å². The minimum Gasteiger partial charge on any atom is -0.368 e. The van der Waals surface area contributed by atoms with Gasteiger partial charge in [0.15, 0.2) is 0 Å². The highest BCUT2D eigenvalue weighted by Gasteiger charge is 2.36. The van der Waals surface area contributed by atoms with E-state index in [-0.39, 0.29) is 12.0 Å². The molecule has 0 saturated carbocycles. The molecule has 0 aromatic carbocycles. The zero-order valence-electron chi connectivity index (χ0n) is 14.4. The topological polar surface area (TPSA) is 56.1 Å². The fraction of sp³-hybridized carbons (Fsp3) is 0.765. The fourth-order valence-corrected chi connectivity index (χ4v) is 2.96. The standard InChI is InChI=1S/C17H29N3O2/c1-11(2)6-7-13-10-15(20(5)19-13)18-17(21)16-14(12(3)4)8-9-22-16/h10-12,14,16H,6-9H2,1-5H3,(H,18,21)/t14-,16-/m1/s1. The number of ether oxygens (including phenoxy) is 1. The molecule has 2 atom stereocenters. The lowest BCUT2D eigenvalue weighted by Gasteiger charge is -2.20. The molecule has 1 aliphatic rings. The van der Waals surface area contributed by atoms with Crippen LogP contribution in [0, 0.1) is 17.8 Å². The third-order valence-corrected chi connectivity index (χ3v) is 4.41. The molecule has 1 saturated heterocycles. The minimum atomic E-state index is -0.339. The van der Waals surface area contributed by atoms with Gasteiger partial charge in [-0.25, -0.2) is 0 Å². The second-order valence-electron chi connectivity index (χ2n) is 7.05. The van der Waals surface area contributed by atoms with Gasteiger partial charge in [-0.1, -0.05) is 27.7 Å². The lowest BCUT2D eigenvalue weighted by atomic mass is 9.89. The van der Waals surface area contributed by atoms with Gasteiger partial charge in [0, 0.05) is 19.7 Å². The van der Waals surface area contributed by atoms with E-state index in [1.807, 2.05) is 13.1 Å². The lowest BCUT2D eigenvalue weighted by molar-refractivity contribution is -0.127. The largest absolute Gasteiger partial charge is 0.368 e. The number of hydrogen-bond acceptors (Lipinski definition) is 3. The Morgan fingerprint density at radius 2 is 2.18 bits per heavy atom.